The normalized spacial score (nSPS) is 12.0. The van der Waals surface area contributed by atoms with Gasteiger partial charge in [-0.2, -0.15) is 0 Å². The van der Waals surface area contributed by atoms with Gasteiger partial charge in [0, 0.05) is 24.2 Å². The van der Waals surface area contributed by atoms with Crippen LogP contribution in [0.15, 0.2) is 53.7 Å². The van der Waals surface area contributed by atoms with Gasteiger partial charge in [0.15, 0.2) is 11.0 Å². The molecule has 1 atom stereocenters. The molecule has 27 heavy (non-hydrogen) atoms. The Morgan fingerprint density at radius 2 is 1.85 bits per heavy atom. The van der Waals surface area contributed by atoms with E-state index in [9.17, 15) is 9.18 Å². The Labute approximate surface area is 166 Å². The van der Waals surface area contributed by atoms with Gasteiger partial charge in [-0.1, -0.05) is 35.5 Å². The molecule has 0 radical (unpaired) electrons. The summed E-state index contributed by atoms with van der Waals surface area (Å²) < 4.78 is 14.8. The minimum absolute atomic E-state index is 0.125. The Bertz CT molecular complexity index is 928. The van der Waals surface area contributed by atoms with Crippen LogP contribution in [0.1, 0.15) is 12.5 Å². The minimum atomic E-state index is -0.355. The van der Waals surface area contributed by atoms with Crippen molar-refractivity contribution < 1.29 is 9.18 Å². The van der Waals surface area contributed by atoms with E-state index in [-0.39, 0.29) is 17.0 Å². The van der Waals surface area contributed by atoms with Crippen LogP contribution in [0.4, 0.5) is 4.39 Å². The lowest BCUT2D eigenvalue weighted by Gasteiger charge is -2.12. The predicted molar refractivity (Wildman–Crippen MR) is 105 cm³/mol. The third-order valence-corrected chi connectivity index (χ3v) is 5.35. The van der Waals surface area contributed by atoms with E-state index in [2.05, 4.69) is 15.5 Å². The van der Waals surface area contributed by atoms with Crippen molar-refractivity contribution in [3.05, 3.63) is 64.9 Å². The van der Waals surface area contributed by atoms with Gasteiger partial charge in [-0.25, -0.2) is 4.39 Å². The van der Waals surface area contributed by atoms with Crippen LogP contribution in [0.2, 0.25) is 5.02 Å². The second kappa shape index (κ2) is 8.54. The summed E-state index contributed by atoms with van der Waals surface area (Å²) in [4.78, 5) is 12.3. The first-order chi connectivity index (χ1) is 12.9. The number of aromatic nitrogens is 3. The highest BCUT2D eigenvalue weighted by Crippen LogP contribution is 2.26. The summed E-state index contributed by atoms with van der Waals surface area (Å²) in [5, 5.41) is 12.2. The van der Waals surface area contributed by atoms with Gasteiger partial charge in [-0.15, -0.1) is 10.2 Å². The summed E-state index contributed by atoms with van der Waals surface area (Å²) in [5.74, 6) is 0.279. The molecule has 0 bridgehead atoms. The summed E-state index contributed by atoms with van der Waals surface area (Å²) in [6, 6.07) is 13.4. The van der Waals surface area contributed by atoms with E-state index in [1.807, 2.05) is 23.7 Å². The van der Waals surface area contributed by atoms with Crippen LogP contribution >= 0.6 is 23.4 Å². The summed E-state index contributed by atoms with van der Waals surface area (Å²) in [7, 11) is 1.86. The standard InChI is InChI=1S/C19H18ClFN4OS/c1-12(18(26)22-11-13-3-9-16(21)10-4-13)27-19-24-23-17(25(19)2)14-5-7-15(20)8-6-14/h3-10,12H,11H2,1-2H3,(H,22,26)/t12-/m1/s1. The maximum Gasteiger partial charge on any atom is 0.233 e. The number of hydrogen-bond acceptors (Lipinski definition) is 4. The molecule has 1 amide bonds. The third kappa shape index (κ3) is 4.87. The van der Waals surface area contributed by atoms with Crippen LogP contribution in [-0.4, -0.2) is 25.9 Å². The second-order valence-corrected chi connectivity index (χ2v) is 7.72. The number of halogens is 2. The zero-order valence-electron chi connectivity index (χ0n) is 14.8. The molecule has 1 N–H and O–H groups in total. The van der Waals surface area contributed by atoms with Gasteiger partial charge in [0.25, 0.3) is 0 Å². The van der Waals surface area contributed by atoms with E-state index in [0.29, 0.717) is 22.5 Å². The molecule has 0 spiro atoms. The first kappa shape index (κ1) is 19.4. The van der Waals surface area contributed by atoms with E-state index in [1.54, 1.807) is 31.2 Å². The Morgan fingerprint density at radius 3 is 2.52 bits per heavy atom. The number of rotatable bonds is 6. The number of amides is 1. The van der Waals surface area contributed by atoms with E-state index in [0.717, 1.165) is 11.1 Å². The molecule has 140 valence electrons. The molecule has 3 aromatic rings. The molecule has 0 aliphatic carbocycles. The fourth-order valence-corrected chi connectivity index (χ4v) is 3.38. The van der Waals surface area contributed by atoms with Gasteiger partial charge in [-0.3, -0.25) is 4.79 Å². The van der Waals surface area contributed by atoms with Gasteiger partial charge in [0.1, 0.15) is 5.82 Å². The van der Waals surface area contributed by atoms with Crippen molar-refractivity contribution in [2.24, 2.45) is 7.05 Å². The van der Waals surface area contributed by atoms with Crippen LogP contribution in [0.25, 0.3) is 11.4 Å². The Hall–Kier alpha value is -2.38. The molecule has 0 aliphatic rings. The first-order valence-electron chi connectivity index (χ1n) is 8.28. The highest BCUT2D eigenvalue weighted by molar-refractivity contribution is 8.00. The lowest BCUT2D eigenvalue weighted by Crippen LogP contribution is -2.30. The van der Waals surface area contributed by atoms with Crippen molar-refractivity contribution in [2.75, 3.05) is 0 Å². The highest BCUT2D eigenvalue weighted by atomic mass is 35.5. The summed E-state index contributed by atoms with van der Waals surface area (Å²) in [5.41, 5.74) is 1.74. The fraction of sp³-hybridized carbons (Fsp3) is 0.211. The van der Waals surface area contributed by atoms with Crippen molar-refractivity contribution >= 4 is 29.3 Å². The minimum Gasteiger partial charge on any atom is -0.351 e. The fourth-order valence-electron chi connectivity index (χ4n) is 2.41. The zero-order chi connectivity index (χ0) is 19.4. The monoisotopic (exact) mass is 404 g/mol. The van der Waals surface area contributed by atoms with Gasteiger partial charge in [-0.05, 0) is 48.9 Å². The van der Waals surface area contributed by atoms with E-state index >= 15 is 0 Å². The zero-order valence-corrected chi connectivity index (χ0v) is 16.4. The average Bonchev–Trinajstić information content (AvgIpc) is 3.02. The molecule has 1 heterocycles. The lowest BCUT2D eigenvalue weighted by atomic mass is 10.2. The molecule has 2 aromatic carbocycles. The van der Waals surface area contributed by atoms with Crippen molar-refractivity contribution in [3.63, 3.8) is 0 Å². The quantitative estimate of drug-likeness (QED) is 0.629. The molecule has 0 saturated carbocycles. The molecule has 5 nitrogen and oxygen atoms in total. The molecule has 0 aliphatic heterocycles. The number of nitrogens with one attached hydrogen (secondary N) is 1. The van der Waals surface area contributed by atoms with Crippen LogP contribution < -0.4 is 5.32 Å². The molecule has 0 unspecified atom stereocenters. The number of thioether (sulfide) groups is 1. The van der Waals surface area contributed by atoms with Crippen molar-refractivity contribution in [1.82, 2.24) is 20.1 Å². The molecule has 0 saturated heterocycles. The number of carbonyl (C=O) groups is 1. The molecular formula is C19H18ClFN4OS. The largest absolute Gasteiger partial charge is 0.351 e. The third-order valence-electron chi connectivity index (χ3n) is 3.97. The average molecular weight is 405 g/mol. The van der Waals surface area contributed by atoms with Crippen molar-refractivity contribution in [2.45, 2.75) is 23.9 Å². The van der Waals surface area contributed by atoms with Gasteiger partial charge >= 0.3 is 0 Å². The lowest BCUT2D eigenvalue weighted by molar-refractivity contribution is -0.120. The maximum atomic E-state index is 12.9. The molecule has 1 aromatic heterocycles. The molecule has 0 fully saturated rings. The van der Waals surface area contributed by atoms with E-state index < -0.39 is 0 Å². The van der Waals surface area contributed by atoms with E-state index in [1.165, 1.54) is 23.9 Å². The van der Waals surface area contributed by atoms with Gasteiger partial charge in [0.2, 0.25) is 5.91 Å². The SMILES string of the molecule is C[C@@H](Sc1nnc(-c2ccc(Cl)cc2)n1C)C(=O)NCc1ccc(F)cc1. The smallest absolute Gasteiger partial charge is 0.233 e. The van der Waals surface area contributed by atoms with Crippen LogP contribution in [0.3, 0.4) is 0 Å². The van der Waals surface area contributed by atoms with Gasteiger partial charge < -0.3 is 9.88 Å². The van der Waals surface area contributed by atoms with Crippen molar-refractivity contribution in [3.8, 4) is 11.4 Å². The first-order valence-corrected chi connectivity index (χ1v) is 9.54. The topological polar surface area (TPSA) is 59.8 Å². The molecular weight excluding hydrogens is 387 g/mol. The Morgan fingerprint density at radius 1 is 1.19 bits per heavy atom. The Kier molecular flexibility index (Phi) is 6.13. The van der Waals surface area contributed by atoms with Crippen LogP contribution in [-0.2, 0) is 18.4 Å². The molecule has 3 rings (SSSR count). The van der Waals surface area contributed by atoms with Gasteiger partial charge in [0.05, 0.1) is 5.25 Å². The van der Waals surface area contributed by atoms with Crippen LogP contribution in [0.5, 0.6) is 0 Å². The number of hydrogen-bond donors (Lipinski definition) is 1. The summed E-state index contributed by atoms with van der Waals surface area (Å²) >= 11 is 7.25. The number of carbonyl (C=O) groups excluding carboxylic acids is 1. The second-order valence-electron chi connectivity index (χ2n) is 5.98. The van der Waals surface area contributed by atoms with Crippen molar-refractivity contribution in [1.29, 1.82) is 0 Å². The number of nitrogens with zero attached hydrogens (tertiary/aromatic N) is 3. The Balaban J connectivity index is 1.61. The maximum absolute atomic E-state index is 12.9. The highest BCUT2D eigenvalue weighted by Gasteiger charge is 2.19. The summed E-state index contributed by atoms with van der Waals surface area (Å²) in [6.07, 6.45) is 0. The summed E-state index contributed by atoms with van der Waals surface area (Å²) in [6.45, 7) is 2.15. The van der Waals surface area contributed by atoms with Crippen LogP contribution in [0, 0.1) is 5.82 Å². The predicted octanol–water partition coefficient (Wildman–Crippen LogP) is 4.07. The van der Waals surface area contributed by atoms with E-state index in [4.69, 9.17) is 11.6 Å². The molecule has 8 heteroatoms. The number of benzene rings is 2.